The Labute approximate surface area is 144 Å². The van der Waals surface area contributed by atoms with Crippen LogP contribution in [0.3, 0.4) is 0 Å². The van der Waals surface area contributed by atoms with Gasteiger partial charge in [0.05, 0.1) is 6.42 Å². The summed E-state index contributed by atoms with van der Waals surface area (Å²) in [5, 5.41) is 4.65. The predicted molar refractivity (Wildman–Crippen MR) is 93.6 cm³/mol. The first-order valence-corrected chi connectivity index (χ1v) is 7.79. The fourth-order valence-corrected chi connectivity index (χ4v) is 2.53. The molecule has 3 aromatic carbocycles. The quantitative estimate of drug-likeness (QED) is 0.722. The van der Waals surface area contributed by atoms with Crippen LogP contribution < -0.4 is 5.32 Å². The summed E-state index contributed by atoms with van der Waals surface area (Å²) in [6.45, 7) is -0.391. The van der Waals surface area contributed by atoms with Crippen molar-refractivity contribution in [3.05, 3.63) is 78.1 Å². The highest BCUT2D eigenvalue weighted by Crippen LogP contribution is 2.22. The van der Waals surface area contributed by atoms with Gasteiger partial charge in [0.1, 0.15) is 5.82 Å². The minimum Gasteiger partial charge on any atom is -0.455 e. The van der Waals surface area contributed by atoms with Gasteiger partial charge in [-0.3, -0.25) is 9.59 Å². The molecular formula is C20H16FNO3. The molecular weight excluding hydrogens is 321 g/mol. The monoisotopic (exact) mass is 337 g/mol. The second-order valence-electron chi connectivity index (χ2n) is 5.54. The molecule has 0 atom stereocenters. The molecule has 0 radical (unpaired) electrons. The number of amides is 1. The Balaban J connectivity index is 1.56. The lowest BCUT2D eigenvalue weighted by atomic mass is 10.1. The zero-order valence-corrected chi connectivity index (χ0v) is 13.4. The van der Waals surface area contributed by atoms with E-state index in [1.807, 2.05) is 36.4 Å². The van der Waals surface area contributed by atoms with Gasteiger partial charge in [0.2, 0.25) is 0 Å². The Morgan fingerprint density at radius 2 is 1.72 bits per heavy atom. The normalized spacial score (nSPS) is 10.4. The van der Waals surface area contributed by atoms with Crippen molar-refractivity contribution >= 4 is 28.3 Å². The van der Waals surface area contributed by atoms with Gasteiger partial charge in [0.25, 0.3) is 5.91 Å². The number of anilines is 1. The minimum absolute atomic E-state index is 0.0840. The van der Waals surface area contributed by atoms with Crippen LogP contribution in [-0.4, -0.2) is 18.5 Å². The van der Waals surface area contributed by atoms with Crippen LogP contribution >= 0.6 is 0 Å². The number of rotatable bonds is 5. The van der Waals surface area contributed by atoms with E-state index >= 15 is 0 Å². The van der Waals surface area contributed by atoms with Crippen molar-refractivity contribution in [3.63, 3.8) is 0 Å². The molecule has 1 N–H and O–H groups in total. The summed E-state index contributed by atoms with van der Waals surface area (Å²) in [6.07, 6.45) is -0.0840. The van der Waals surface area contributed by atoms with Gasteiger partial charge in [-0.1, -0.05) is 48.5 Å². The third kappa shape index (κ3) is 4.41. The number of hydrogen-bond donors (Lipinski definition) is 1. The van der Waals surface area contributed by atoms with E-state index in [9.17, 15) is 14.0 Å². The second kappa shape index (κ2) is 7.57. The van der Waals surface area contributed by atoms with Gasteiger partial charge in [-0.05, 0) is 29.1 Å². The van der Waals surface area contributed by atoms with Crippen molar-refractivity contribution < 1.29 is 18.7 Å². The van der Waals surface area contributed by atoms with Gasteiger partial charge in [-0.15, -0.1) is 0 Å². The molecule has 0 unspecified atom stereocenters. The molecule has 0 saturated carbocycles. The fourth-order valence-electron chi connectivity index (χ4n) is 2.53. The number of benzene rings is 3. The summed E-state index contributed by atoms with van der Waals surface area (Å²) in [6, 6.07) is 18.9. The highest BCUT2D eigenvalue weighted by Gasteiger charge is 2.10. The van der Waals surface area contributed by atoms with Crippen molar-refractivity contribution in [1.82, 2.24) is 0 Å². The minimum atomic E-state index is -0.585. The smallest absolute Gasteiger partial charge is 0.310 e. The maximum atomic E-state index is 13.1. The van der Waals surface area contributed by atoms with E-state index in [1.54, 1.807) is 12.1 Å². The van der Waals surface area contributed by atoms with E-state index in [4.69, 9.17) is 4.74 Å². The molecule has 0 fully saturated rings. The van der Waals surface area contributed by atoms with Crippen LogP contribution in [0.25, 0.3) is 10.8 Å². The summed E-state index contributed by atoms with van der Waals surface area (Å²) < 4.78 is 18.0. The lowest BCUT2D eigenvalue weighted by molar-refractivity contribution is -0.146. The average molecular weight is 337 g/mol. The molecule has 1 amide bonds. The van der Waals surface area contributed by atoms with E-state index in [-0.39, 0.29) is 6.42 Å². The Kier molecular flexibility index (Phi) is 5.04. The molecule has 25 heavy (non-hydrogen) atoms. The molecule has 0 aliphatic carbocycles. The summed E-state index contributed by atoms with van der Waals surface area (Å²) in [4.78, 5) is 23.8. The molecule has 0 aliphatic heterocycles. The first-order valence-electron chi connectivity index (χ1n) is 7.79. The summed E-state index contributed by atoms with van der Waals surface area (Å²) in [7, 11) is 0. The van der Waals surface area contributed by atoms with Crippen molar-refractivity contribution in [1.29, 1.82) is 0 Å². The molecule has 0 aromatic heterocycles. The number of esters is 1. The number of hydrogen-bond acceptors (Lipinski definition) is 3. The lowest BCUT2D eigenvalue weighted by Crippen LogP contribution is -2.21. The molecule has 0 bridgehead atoms. The molecule has 126 valence electrons. The Bertz CT molecular complexity index is 918. The van der Waals surface area contributed by atoms with Gasteiger partial charge < -0.3 is 10.1 Å². The number of fused-ring (bicyclic) bond motifs is 1. The van der Waals surface area contributed by atoms with Crippen molar-refractivity contribution in [3.8, 4) is 0 Å². The topological polar surface area (TPSA) is 55.4 Å². The zero-order chi connectivity index (χ0) is 17.6. The molecule has 0 spiro atoms. The van der Waals surface area contributed by atoms with Crippen molar-refractivity contribution in [2.75, 3.05) is 11.9 Å². The summed E-state index contributed by atoms with van der Waals surface area (Å²) in [5.74, 6) is -1.43. The fraction of sp³-hybridized carbons (Fsp3) is 0.100. The molecule has 0 heterocycles. The molecule has 0 aliphatic rings. The molecule has 3 aromatic rings. The van der Waals surface area contributed by atoms with E-state index in [1.165, 1.54) is 18.2 Å². The SMILES string of the molecule is O=C(COC(=O)Cc1cccc(F)c1)Nc1cccc2ccccc12. The van der Waals surface area contributed by atoms with Crippen LogP contribution in [-0.2, 0) is 20.7 Å². The second-order valence-corrected chi connectivity index (χ2v) is 5.54. The highest BCUT2D eigenvalue weighted by molar-refractivity contribution is 6.02. The molecule has 5 heteroatoms. The van der Waals surface area contributed by atoms with Crippen LogP contribution in [0.5, 0.6) is 0 Å². The van der Waals surface area contributed by atoms with Crippen LogP contribution in [0.15, 0.2) is 66.7 Å². The summed E-state index contributed by atoms with van der Waals surface area (Å²) >= 11 is 0. The average Bonchev–Trinajstić information content (AvgIpc) is 2.60. The number of carbonyl (C=O) groups excluding carboxylic acids is 2. The van der Waals surface area contributed by atoms with Crippen LogP contribution in [0, 0.1) is 5.82 Å². The maximum Gasteiger partial charge on any atom is 0.310 e. The highest BCUT2D eigenvalue weighted by atomic mass is 19.1. The Hall–Kier alpha value is -3.21. The van der Waals surface area contributed by atoms with Crippen molar-refractivity contribution in [2.24, 2.45) is 0 Å². The first kappa shape index (κ1) is 16.6. The van der Waals surface area contributed by atoms with Gasteiger partial charge in [0.15, 0.2) is 6.61 Å². The lowest BCUT2D eigenvalue weighted by Gasteiger charge is -2.09. The van der Waals surface area contributed by atoms with Gasteiger partial charge in [0, 0.05) is 11.1 Å². The standard InChI is InChI=1S/C20H16FNO3/c21-16-8-3-5-14(11-16)12-20(24)25-13-19(23)22-18-10-4-7-15-6-1-2-9-17(15)18/h1-11H,12-13H2,(H,22,23). The predicted octanol–water partition coefficient (Wildman–Crippen LogP) is 3.70. The van der Waals surface area contributed by atoms with Gasteiger partial charge in [-0.25, -0.2) is 4.39 Å². The van der Waals surface area contributed by atoms with E-state index in [0.29, 0.717) is 11.3 Å². The number of carbonyl (C=O) groups is 2. The number of ether oxygens (including phenoxy) is 1. The Morgan fingerprint density at radius 3 is 2.56 bits per heavy atom. The maximum absolute atomic E-state index is 13.1. The number of halogens is 1. The zero-order valence-electron chi connectivity index (χ0n) is 13.4. The van der Waals surface area contributed by atoms with E-state index in [2.05, 4.69) is 5.32 Å². The van der Waals surface area contributed by atoms with Gasteiger partial charge in [-0.2, -0.15) is 0 Å². The van der Waals surface area contributed by atoms with Crippen LogP contribution in [0.4, 0.5) is 10.1 Å². The third-order valence-electron chi connectivity index (χ3n) is 3.67. The molecule has 4 nitrogen and oxygen atoms in total. The molecule has 0 saturated heterocycles. The van der Waals surface area contributed by atoms with E-state index in [0.717, 1.165) is 10.8 Å². The Morgan fingerprint density at radius 1 is 0.960 bits per heavy atom. The van der Waals surface area contributed by atoms with Crippen LogP contribution in [0.2, 0.25) is 0 Å². The molecule has 3 rings (SSSR count). The largest absolute Gasteiger partial charge is 0.455 e. The third-order valence-corrected chi connectivity index (χ3v) is 3.67. The number of nitrogens with one attached hydrogen (secondary N) is 1. The first-order chi connectivity index (χ1) is 12.1. The summed E-state index contributed by atoms with van der Waals surface area (Å²) in [5.41, 5.74) is 1.16. The van der Waals surface area contributed by atoms with E-state index < -0.39 is 24.3 Å². The van der Waals surface area contributed by atoms with Crippen molar-refractivity contribution in [2.45, 2.75) is 6.42 Å². The van der Waals surface area contributed by atoms with Crippen LogP contribution in [0.1, 0.15) is 5.56 Å². The van der Waals surface area contributed by atoms with Gasteiger partial charge >= 0.3 is 5.97 Å².